The predicted molar refractivity (Wildman–Crippen MR) is 33.4 cm³/mol. The van der Waals surface area contributed by atoms with Crippen molar-refractivity contribution in [3.05, 3.63) is 0 Å². The molecule has 0 atom stereocenters. The lowest BCUT2D eigenvalue weighted by molar-refractivity contribution is -0.144. The van der Waals surface area contributed by atoms with Crippen molar-refractivity contribution in [3.63, 3.8) is 0 Å². The van der Waals surface area contributed by atoms with Gasteiger partial charge in [-0.3, -0.25) is 0 Å². The number of nitrogens with one attached hydrogen (secondary N) is 1. The maximum Gasteiger partial charge on any atom is 0.0798 e. The summed E-state index contributed by atoms with van der Waals surface area (Å²) in [4.78, 5) is 4.48. The van der Waals surface area contributed by atoms with Gasteiger partial charge in [-0.15, -0.1) is 0 Å². The van der Waals surface area contributed by atoms with E-state index in [9.17, 15) is 0 Å². The first-order chi connectivity index (χ1) is 4.83. The van der Waals surface area contributed by atoms with Gasteiger partial charge in [-0.1, -0.05) is 0 Å². The molecule has 0 aromatic rings. The highest BCUT2D eigenvalue weighted by molar-refractivity contribution is 4.86. The summed E-state index contributed by atoms with van der Waals surface area (Å²) in [7, 11) is 0. The summed E-state index contributed by atoms with van der Waals surface area (Å²) in [5.41, 5.74) is 6.55. The van der Waals surface area contributed by atoms with E-state index >= 15 is 0 Å². The van der Waals surface area contributed by atoms with Crippen molar-refractivity contribution in [3.8, 4) is 0 Å². The van der Waals surface area contributed by atoms with E-state index in [1.54, 1.807) is 0 Å². The Hall–Kier alpha value is -0.520. The van der Waals surface area contributed by atoms with Crippen LogP contribution in [-0.4, -0.2) is 26.4 Å². The third kappa shape index (κ3) is 1.31. The molecule has 1 saturated heterocycles. The molecule has 1 aliphatic rings. The Bertz CT molecular complexity index is 124. The standard InChI is InChI=1S/C5H11N3O2/c6-8-1-5(4-10-7)2-9-3-5/h6H,1-4,7H2. The van der Waals surface area contributed by atoms with Gasteiger partial charge < -0.3 is 9.57 Å². The molecule has 1 heterocycles. The van der Waals surface area contributed by atoms with E-state index in [2.05, 4.69) is 9.95 Å². The van der Waals surface area contributed by atoms with Gasteiger partial charge >= 0.3 is 0 Å². The lowest BCUT2D eigenvalue weighted by Gasteiger charge is -2.38. The third-order valence-electron chi connectivity index (χ3n) is 1.62. The molecule has 5 heteroatoms. The molecule has 0 spiro atoms. The molecular formula is C5H11N3O2. The fourth-order valence-electron chi connectivity index (χ4n) is 0.955. The molecule has 0 aromatic heterocycles. The number of nitrogens with zero attached hydrogens (tertiary/aromatic N) is 1. The normalized spacial score (nSPS) is 21.7. The molecule has 1 aliphatic heterocycles. The number of nitrogens with two attached hydrogens (primary N) is 1. The highest BCUT2D eigenvalue weighted by atomic mass is 16.6. The van der Waals surface area contributed by atoms with Crippen LogP contribution in [0.5, 0.6) is 0 Å². The van der Waals surface area contributed by atoms with E-state index in [0.717, 1.165) is 0 Å². The Kier molecular flexibility index (Phi) is 2.31. The van der Waals surface area contributed by atoms with E-state index in [1.165, 1.54) is 0 Å². The van der Waals surface area contributed by atoms with Crippen molar-refractivity contribution >= 4 is 0 Å². The van der Waals surface area contributed by atoms with Gasteiger partial charge in [-0.25, -0.2) is 11.4 Å². The molecule has 0 aromatic carbocycles. The van der Waals surface area contributed by atoms with Gasteiger partial charge in [0.05, 0.1) is 31.8 Å². The zero-order valence-electron chi connectivity index (χ0n) is 5.67. The van der Waals surface area contributed by atoms with Gasteiger partial charge in [0.2, 0.25) is 0 Å². The van der Waals surface area contributed by atoms with E-state index in [4.69, 9.17) is 16.2 Å². The molecule has 0 aliphatic carbocycles. The van der Waals surface area contributed by atoms with Crippen LogP contribution in [0.25, 0.3) is 0 Å². The monoisotopic (exact) mass is 145 g/mol. The van der Waals surface area contributed by atoms with Crippen molar-refractivity contribution < 1.29 is 9.57 Å². The second kappa shape index (κ2) is 3.05. The number of rotatable bonds is 4. The molecule has 0 amide bonds. The third-order valence-corrected chi connectivity index (χ3v) is 1.62. The summed E-state index contributed by atoms with van der Waals surface area (Å²) in [6.07, 6.45) is 0. The number of hydrogen-bond acceptors (Lipinski definition) is 5. The summed E-state index contributed by atoms with van der Waals surface area (Å²) >= 11 is 0. The van der Waals surface area contributed by atoms with Gasteiger partial charge in [0.1, 0.15) is 0 Å². The fraction of sp³-hybridized carbons (Fsp3) is 1.00. The minimum absolute atomic E-state index is 0.101. The van der Waals surface area contributed by atoms with Gasteiger partial charge in [0.15, 0.2) is 0 Å². The van der Waals surface area contributed by atoms with Gasteiger partial charge in [0.25, 0.3) is 0 Å². The lowest BCUT2D eigenvalue weighted by Crippen LogP contribution is -2.49. The zero-order chi connectivity index (χ0) is 7.45. The molecule has 5 nitrogen and oxygen atoms in total. The Balaban J connectivity index is 2.34. The minimum atomic E-state index is -0.101. The molecule has 0 saturated carbocycles. The predicted octanol–water partition coefficient (Wildman–Crippen LogP) is -0.0757. The fourth-order valence-corrected chi connectivity index (χ4v) is 0.955. The first-order valence-electron chi connectivity index (χ1n) is 3.06. The first-order valence-corrected chi connectivity index (χ1v) is 3.06. The second-order valence-corrected chi connectivity index (χ2v) is 2.62. The topological polar surface area (TPSA) is 80.7 Å². The van der Waals surface area contributed by atoms with Gasteiger partial charge in [-0.2, -0.15) is 5.11 Å². The smallest absolute Gasteiger partial charge is 0.0798 e. The van der Waals surface area contributed by atoms with Crippen molar-refractivity contribution in [2.24, 2.45) is 16.4 Å². The summed E-state index contributed by atoms with van der Waals surface area (Å²) in [6, 6.07) is 0. The second-order valence-electron chi connectivity index (χ2n) is 2.62. The van der Waals surface area contributed by atoms with Crippen LogP contribution in [0, 0.1) is 10.9 Å². The van der Waals surface area contributed by atoms with Crippen molar-refractivity contribution in [2.45, 2.75) is 0 Å². The number of hydrogen-bond donors (Lipinski definition) is 2. The molecule has 0 bridgehead atoms. The van der Waals surface area contributed by atoms with Crippen molar-refractivity contribution in [1.29, 1.82) is 5.53 Å². The van der Waals surface area contributed by atoms with E-state index in [1.807, 2.05) is 0 Å². The van der Waals surface area contributed by atoms with E-state index < -0.39 is 0 Å². The summed E-state index contributed by atoms with van der Waals surface area (Å²) < 4.78 is 4.96. The summed E-state index contributed by atoms with van der Waals surface area (Å²) in [5, 5.41) is 3.28. The first kappa shape index (κ1) is 7.59. The van der Waals surface area contributed by atoms with Gasteiger partial charge in [0, 0.05) is 0 Å². The number of ether oxygens (including phenoxy) is 1. The SMILES string of the molecule is N=NCC1(CON)COC1. The molecule has 0 unspecified atom stereocenters. The molecule has 3 N–H and O–H groups in total. The maximum absolute atomic E-state index is 6.65. The largest absolute Gasteiger partial charge is 0.380 e. The summed E-state index contributed by atoms with van der Waals surface area (Å²) in [6.45, 7) is 2.08. The minimum Gasteiger partial charge on any atom is -0.380 e. The summed E-state index contributed by atoms with van der Waals surface area (Å²) in [5.74, 6) is 4.90. The average molecular weight is 145 g/mol. The van der Waals surface area contributed by atoms with Crippen LogP contribution in [0.1, 0.15) is 0 Å². The van der Waals surface area contributed by atoms with Crippen LogP contribution in [0.2, 0.25) is 0 Å². The Morgan fingerprint density at radius 2 is 2.40 bits per heavy atom. The molecule has 58 valence electrons. The maximum atomic E-state index is 6.65. The Labute approximate surface area is 59.0 Å². The Morgan fingerprint density at radius 3 is 2.70 bits per heavy atom. The lowest BCUT2D eigenvalue weighted by atomic mass is 9.87. The van der Waals surface area contributed by atoms with Crippen LogP contribution < -0.4 is 5.90 Å². The van der Waals surface area contributed by atoms with Crippen LogP contribution >= 0.6 is 0 Å². The Morgan fingerprint density at radius 1 is 1.70 bits per heavy atom. The highest BCUT2D eigenvalue weighted by Gasteiger charge is 2.38. The van der Waals surface area contributed by atoms with Crippen LogP contribution in [0.4, 0.5) is 0 Å². The molecule has 1 fully saturated rings. The van der Waals surface area contributed by atoms with Crippen molar-refractivity contribution in [2.75, 3.05) is 26.4 Å². The van der Waals surface area contributed by atoms with Crippen LogP contribution in [-0.2, 0) is 9.57 Å². The van der Waals surface area contributed by atoms with Crippen LogP contribution in [0.3, 0.4) is 0 Å². The molecule has 1 rings (SSSR count). The van der Waals surface area contributed by atoms with Gasteiger partial charge in [-0.05, 0) is 0 Å². The highest BCUT2D eigenvalue weighted by Crippen LogP contribution is 2.27. The van der Waals surface area contributed by atoms with E-state index in [-0.39, 0.29) is 5.41 Å². The molecular weight excluding hydrogens is 134 g/mol. The molecule has 10 heavy (non-hydrogen) atoms. The van der Waals surface area contributed by atoms with E-state index in [0.29, 0.717) is 26.4 Å². The van der Waals surface area contributed by atoms with Crippen molar-refractivity contribution in [1.82, 2.24) is 0 Å². The van der Waals surface area contributed by atoms with Crippen LogP contribution in [0.15, 0.2) is 5.11 Å². The zero-order valence-corrected chi connectivity index (χ0v) is 5.67. The quantitative estimate of drug-likeness (QED) is 0.429. The average Bonchev–Trinajstić information content (AvgIpc) is 1.84. The molecule has 0 radical (unpaired) electrons.